The molecule has 142 valence electrons. The van der Waals surface area contributed by atoms with E-state index in [9.17, 15) is 9.59 Å². The Bertz CT molecular complexity index is 576. The van der Waals surface area contributed by atoms with Crippen molar-refractivity contribution in [2.45, 2.75) is 63.3 Å². The summed E-state index contributed by atoms with van der Waals surface area (Å²) in [6.45, 7) is 2.04. The van der Waals surface area contributed by atoms with Crippen molar-refractivity contribution in [1.82, 2.24) is 15.5 Å². The van der Waals surface area contributed by atoms with Crippen molar-refractivity contribution in [2.24, 2.45) is 0 Å². The topological polar surface area (TPSA) is 61.4 Å². The van der Waals surface area contributed by atoms with Gasteiger partial charge in [0.2, 0.25) is 5.91 Å². The van der Waals surface area contributed by atoms with Crippen LogP contribution in [0.15, 0.2) is 30.3 Å². The molecule has 1 aromatic carbocycles. The summed E-state index contributed by atoms with van der Waals surface area (Å²) in [6, 6.07) is 10.7. The molecule has 5 nitrogen and oxygen atoms in total. The fourth-order valence-electron chi connectivity index (χ4n) is 4.11. The van der Waals surface area contributed by atoms with Crippen molar-refractivity contribution in [1.29, 1.82) is 0 Å². The molecular formula is C21H31N3O2. The fraction of sp³-hybridized carbons (Fsp3) is 0.619. The largest absolute Gasteiger partial charge is 0.343 e. The number of hydrogen-bond donors (Lipinski definition) is 2. The van der Waals surface area contributed by atoms with Crippen LogP contribution in [0.4, 0.5) is 4.79 Å². The van der Waals surface area contributed by atoms with Crippen molar-refractivity contribution < 1.29 is 9.59 Å². The summed E-state index contributed by atoms with van der Waals surface area (Å²) in [5.74, 6) is 0.703. The smallest absolute Gasteiger partial charge is 0.315 e. The van der Waals surface area contributed by atoms with Crippen LogP contribution in [0.2, 0.25) is 0 Å². The number of amides is 3. The van der Waals surface area contributed by atoms with E-state index in [1.165, 1.54) is 24.8 Å². The highest BCUT2D eigenvalue weighted by atomic mass is 16.2. The molecule has 1 saturated heterocycles. The van der Waals surface area contributed by atoms with E-state index >= 15 is 0 Å². The molecule has 1 saturated carbocycles. The number of carbonyl (C=O) groups is 2. The van der Waals surface area contributed by atoms with Crippen LogP contribution in [0.1, 0.15) is 62.8 Å². The number of nitrogens with one attached hydrogen (secondary N) is 2. The zero-order valence-electron chi connectivity index (χ0n) is 15.6. The van der Waals surface area contributed by atoms with Crippen LogP contribution in [0.25, 0.3) is 0 Å². The second-order valence-electron chi connectivity index (χ2n) is 7.55. The maximum atomic E-state index is 12.4. The van der Waals surface area contributed by atoms with Crippen LogP contribution in [0.3, 0.4) is 0 Å². The van der Waals surface area contributed by atoms with Gasteiger partial charge in [-0.2, -0.15) is 0 Å². The molecular weight excluding hydrogens is 326 g/mol. The molecule has 2 N–H and O–H groups in total. The highest BCUT2D eigenvalue weighted by molar-refractivity contribution is 5.78. The lowest BCUT2D eigenvalue weighted by Crippen LogP contribution is -2.44. The molecule has 3 amide bonds. The molecule has 2 fully saturated rings. The molecule has 1 heterocycles. The highest BCUT2D eigenvalue weighted by Gasteiger charge is 2.23. The van der Waals surface area contributed by atoms with Crippen LogP contribution in [-0.4, -0.2) is 42.5 Å². The Balaban J connectivity index is 1.32. The van der Waals surface area contributed by atoms with E-state index in [-0.39, 0.29) is 11.9 Å². The molecule has 0 bridgehead atoms. The van der Waals surface area contributed by atoms with Gasteiger partial charge < -0.3 is 15.5 Å². The van der Waals surface area contributed by atoms with Crippen molar-refractivity contribution in [3.63, 3.8) is 0 Å². The second kappa shape index (κ2) is 9.60. The Morgan fingerprint density at radius 1 is 0.962 bits per heavy atom. The summed E-state index contributed by atoms with van der Waals surface area (Å²) in [4.78, 5) is 26.2. The highest BCUT2D eigenvalue weighted by Crippen LogP contribution is 2.27. The summed E-state index contributed by atoms with van der Waals surface area (Å²) >= 11 is 0. The van der Waals surface area contributed by atoms with Gasteiger partial charge in [-0.1, -0.05) is 49.6 Å². The van der Waals surface area contributed by atoms with Crippen molar-refractivity contribution >= 4 is 11.9 Å². The van der Waals surface area contributed by atoms with Gasteiger partial charge in [0.1, 0.15) is 0 Å². The molecule has 0 unspecified atom stereocenters. The Kier molecular flexibility index (Phi) is 6.92. The molecule has 1 aliphatic carbocycles. The quantitative estimate of drug-likeness (QED) is 0.848. The zero-order valence-corrected chi connectivity index (χ0v) is 15.6. The summed E-state index contributed by atoms with van der Waals surface area (Å²) in [6.07, 6.45) is 8.23. The summed E-state index contributed by atoms with van der Waals surface area (Å²) in [5.41, 5.74) is 1.38. The van der Waals surface area contributed by atoms with Gasteiger partial charge in [0.25, 0.3) is 0 Å². The van der Waals surface area contributed by atoms with E-state index < -0.39 is 0 Å². The number of benzene rings is 1. The van der Waals surface area contributed by atoms with Gasteiger partial charge in [0.15, 0.2) is 0 Å². The van der Waals surface area contributed by atoms with Crippen molar-refractivity contribution in [3.05, 3.63) is 35.9 Å². The Hall–Kier alpha value is -2.04. The lowest BCUT2D eigenvalue weighted by molar-refractivity contribution is -0.132. The molecule has 2 aliphatic rings. The summed E-state index contributed by atoms with van der Waals surface area (Å²) in [7, 11) is 0. The molecule has 1 aliphatic heterocycles. The van der Waals surface area contributed by atoms with E-state index in [0.29, 0.717) is 24.9 Å². The van der Waals surface area contributed by atoms with E-state index in [2.05, 4.69) is 34.9 Å². The Morgan fingerprint density at radius 3 is 2.35 bits per heavy atom. The van der Waals surface area contributed by atoms with Gasteiger partial charge in [0, 0.05) is 32.1 Å². The molecule has 0 radical (unpaired) electrons. The number of hydrogen-bond acceptors (Lipinski definition) is 2. The lowest BCUT2D eigenvalue weighted by Gasteiger charge is -2.32. The Morgan fingerprint density at radius 2 is 1.65 bits per heavy atom. The lowest BCUT2D eigenvalue weighted by atomic mass is 9.89. The monoisotopic (exact) mass is 357 g/mol. The standard InChI is InChI=1S/C21H31N3O2/c25-20(11-14-22-21(26)23-19-9-5-2-6-10-19)24-15-12-18(13-16-24)17-7-3-1-4-8-17/h1,3-4,7-8,18-19H,2,5-6,9-16H2,(H2,22,23,26). The molecule has 0 atom stereocenters. The zero-order chi connectivity index (χ0) is 18.2. The maximum absolute atomic E-state index is 12.4. The van der Waals surface area contributed by atoms with E-state index in [1.54, 1.807) is 0 Å². The third-order valence-corrected chi connectivity index (χ3v) is 5.68. The van der Waals surface area contributed by atoms with Gasteiger partial charge in [0.05, 0.1) is 0 Å². The van der Waals surface area contributed by atoms with Crippen LogP contribution in [0.5, 0.6) is 0 Å². The SMILES string of the molecule is O=C(NCCC(=O)N1CCC(c2ccccc2)CC1)NC1CCCCC1. The van der Waals surface area contributed by atoms with Crippen molar-refractivity contribution in [2.75, 3.05) is 19.6 Å². The van der Waals surface area contributed by atoms with Crippen molar-refractivity contribution in [3.8, 4) is 0 Å². The first kappa shape index (κ1) is 18.7. The number of piperidine rings is 1. The average Bonchev–Trinajstić information content (AvgIpc) is 2.69. The van der Waals surface area contributed by atoms with E-state index in [0.717, 1.165) is 38.8 Å². The van der Waals surface area contributed by atoms with Gasteiger partial charge >= 0.3 is 6.03 Å². The predicted octanol–water partition coefficient (Wildman–Crippen LogP) is 3.41. The number of urea groups is 1. The van der Waals surface area contributed by atoms with Crippen LogP contribution in [0, 0.1) is 0 Å². The van der Waals surface area contributed by atoms with Gasteiger partial charge in [-0.15, -0.1) is 0 Å². The molecule has 0 spiro atoms. The third-order valence-electron chi connectivity index (χ3n) is 5.68. The molecule has 3 rings (SSSR count). The normalized spacial score (nSPS) is 19.2. The molecule has 5 heteroatoms. The van der Waals surface area contributed by atoms with Gasteiger partial charge in [-0.3, -0.25) is 4.79 Å². The predicted molar refractivity (Wildman–Crippen MR) is 103 cm³/mol. The number of rotatable bonds is 5. The van der Waals surface area contributed by atoms with E-state index in [4.69, 9.17) is 0 Å². The molecule has 0 aromatic heterocycles. The minimum absolute atomic E-state index is 0.132. The van der Waals surface area contributed by atoms with Gasteiger partial charge in [-0.25, -0.2) is 4.79 Å². The van der Waals surface area contributed by atoms with Crippen LogP contribution >= 0.6 is 0 Å². The molecule has 26 heavy (non-hydrogen) atoms. The maximum Gasteiger partial charge on any atom is 0.315 e. The summed E-state index contributed by atoms with van der Waals surface area (Å²) < 4.78 is 0. The van der Waals surface area contributed by atoms with Crippen LogP contribution in [-0.2, 0) is 4.79 Å². The molecule has 1 aromatic rings. The first-order chi connectivity index (χ1) is 12.7. The minimum atomic E-state index is -0.132. The number of carbonyl (C=O) groups excluding carboxylic acids is 2. The Labute approximate surface area is 156 Å². The second-order valence-corrected chi connectivity index (χ2v) is 7.55. The fourth-order valence-corrected chi connectivity index (χ4v) is 4.11. The average molecular weight is 357 g/mol. The number of nitrogens with zero attached hydrogens (tertiary/aromatic N) is 1. The third kappa shape index (κ3) is 5.48. The van der Waals surface area contributed by atoms with Crippen LogP contribution < -0.4 is 10.6 Å². The summed E-state index contributed by atoms with van der Waals surface area (Å²) in [5, 5.41) is 5.86. The first-order valence-electron chi connectivity index (χ1n) is 10.1. The van der Waals surface area contributed by atoms with Gasteiger partial charge in [-0.05, 0) is 37.2 Å². The first-order valence-corrected chi connectivity index (χ1v) is 10.1. The number of likely N-dealkylation sites (tertiary alicyclic amines) is 1. The minimum Gasteiger partial charge on any atom is -0.343 e. The van der Waals surface area contributed by atoms with E-state index in [1.807, 2.05) is 11.0 Å².